The molecule has 0 N–H and O–H groups in total. The number of hydrogen-bond donors (Lipinski definition) is 0. The van der Waals surface area contributed by atoms with Crippen LogP contribution in [0.4, 0.5) is 0 Å². The maximum atomic E-state index is 10.3. The normalized spacial score (nSPS) is 10.4. The molecule has 0 fully saturated rings. The molecule has 0 aliphatic carbocycles. The molecule has 64 valence electrons. The van der Waals surface area contributed by atoms with Crippen molar-refractivity contribution in [1.29, 1.82) is 0 Å². The molecule has 0 unspecified atom stereocenters. The van der Waals surface area contributed by atoms with E-state index in [4.69, 9.17) is 4.74 Å². The van der Waals surface area contributed by atoms with Crippen molar-refractivity contribution >= 4 is 5.97 Å². The van der Waals surface area contributed by atoms with E-state index in [0.29, 0.717) is 6.61 Å². The van der Waals surface area contributed by atoms with Crippen LogP contribution in [-0.2, 0) is 9.53 Å². The van der Waals surface area contributed by atoms with Gasteiger partial charge in [0.25, 0.3) is 0 Å². The van der Waals surface area contributed by atoms with Crippen molar-refractivity contribution < 1.29 is 9.53 Å². The molecule has 0 saturated heterocycles. The summed E-state index contributed by atoms with van der Waals surface area (Å²) in [6.45, 7) is 4.07. The average molecular weight is 156 g/mol. The molecule has 0 aromatic carbocycles. The molecule has 2 nitrogen and oxygen atoms in total. The van der Waals surface area contributed by atoms with Crippen LogP contribution in [0.25, 0.3) is 0 Å². The molecule has 0 heterocycles. The highest BCUT2D eigenvalue weighted by molar-refractivity contribution is 5.65. The Kier molecular flexibility index (Phi) is 6.79. The summed E-state index contributed by atoms with van der Waals surface area (Å²) in [6, 6.07) is 0. The molecule has 0 amide bonds. The first-order chi connectivity index (χ1) is 5.27. The lowest BCUT2D eigenvalue weighted by Gasteiger charge is -1.95. The lowest BCUT2D eigenvalue weighted by molar-refractivity contribution is -0.140. The van der Waals surface area contributed by atoms with Crippen molar-refractivity contribution in [3.8, 4) is 0 Å². The van der Waals surface area contributed by atoms with E-state index in [1.165, 1.54) is 13.3 Å². The summed E-state index contributed by atoms with van der Waals surface area (Å²) in [5.41, 5.74) is 0. The van der Waals surface area contributed by atoms with E-state index >= 15 is 0 Å². The van der Waals surface area contributed by atoms with Crippen LogP contribution in [0, 0.1) is 0 Å². The molecule has 0 atom stereocenters. The minimum atomic E-state index is -0.200. The minimum Gasteiger partial charge on any atom is -0.466 e. The number of unbranched alkanes of at least 4 members (excludes halogenated alkanes) is 1. The Morgan fingerprint density at radius 3 is 2.55 bits per heavy atom. The van der Waals surface area contributed by atoms with Gasteiger partial charge < -0.3 is 4.74 Å². The quantitative estimate of drug-likeness (QED) is 0.347. The average Bonchev–Trinajstić information content (AvgIpc) is 1.96. The monoisotopic (exact) mass is 156 g/mol. The molecule has 11 heavy (non-hydrogen) atoms. The second-order valence-corrected chi connectivity index (χ2v) is 2.39. The highest BCUT2D eigenvalue weighted by atomic mass is 16.5. The van der Waals surface area contributed by atoms with Crippen molar-refractivity contribution in [2.45, 2.75) is 33.1 Å². The number of hydrogen-bond acceptors (Lipinski definition) is 2. The third-order valence-corrected chi connectivity index (χ3v) is 1.21. The molecule has 0 spiro atoms. The maximum Gasteiger partial charge on any atom is 0.302 e. The third-order valence-electron chi connectivity index (χ3n) is 1.21. The lowest BCUT2D eigenvalue weighted by Crippen LogP contribution is -1.98. The van der Waals surface area contributed by atoms with Crippen LogP contribution < -0.4 is 0 Å². The number of ether oxygens (including phenoxy) is 1. The van der Waals surface area contributed by atoms with Crippen LogP contribution in [0.3, 0.4) is 0 Å². The van der Waals surface area contributed by atoms with Gasteiger partial charge in [0.2, 0.25) is 0 Å². The van der Waals surface area contributed by atoms with Crippen LogP contribution in [0.2, 0.25) is 0 Å². The maximum absolute atomic E-state index is 10.3. The summed E-state index contributed by atoms with van der Waals surface area (Å²) in [7, 11) is 0. The van der Waals surface area contributed by atoms with Gasteiger partial charge in [-0.1, -0.05) is 25.5 Å². The molecule has 2 heteroatoms. The highest BCUT2D eigenvalue weighted by Crippen LogP contribution is 1.91. The topological polar surface area (TPSA) is 26.3 Å². The molecule has 0 bridgehead atoms. The molecule has 0 radical (unpaired) electrons. The van der Waals surface area contributed by atoms with Crippen LogP contribution >= 0.6 is 0 Å². The van der Waals surface area contributed by atoms with Crippen molar-refractivity contribution in [2.24, 2.45) is 0 Å². The predicted molar refractivity (Wildman–Crippen MR) is 45.3 cm³/mol. The van der Waals surface area contributed by atoms with Crippen molar-refractivity contribution in [3.63, 3.8) is 0 Å². The zero-order chi connectivity index (χ0) is 8.53. The summed E-state index contributed by atoms with van der Waals surface area (Å²) in [6.07, 6.45) is 7.28. The molecule has 0 aliphatic rings. The Morgan fingerprint density at radius 2 is 2.00 bits per heavy atom. The van der Waals surface area contributed by atoms with Gasteiger partial charge in [0, 0.05) is 6.92 Å². The molecular weight excluding hydrogens is 140 g/mol. The first-order valence-electron chi connectivity index (χ1n) is 4.05. The SMILES string of the molecule is CCC/C=C\CCOC(C)=O. The zero-order valence-corrected chi connectivity index (χ0v) is 7.30. The summed E-state index contributed by atoms with van der Waals surface area (Å²) in [5.74, 6) is -0.200. The summed E-state index contributed by atoms with van der Waals surface area (Å²) < 4.78 is 4.73. The second-order valence-electron chi connectivity index (χ2n) is 2.39. The van der Waals surface area contributed by atoms with Gasteiger partial charge in [-0.05, 0) is 12.8 Å². The predicted octanol–water partition coefficient (Wildman–Crippen LogP) is 2.30. The number of carbonyl (C=O) groups excluding carboxylic acids is 1. The smallest absolute Gasteiger partial charge is 0.302 e. The molecule has 0 saturated carbocycles. The van der Waals surface area contributed by atoms with Gasteiger partial charge >= 0.3 is 5.97 Å². The van der Waals surface area contributed by atoms with Crippen LogP contribution in [0.5, 0.6) is 0 Å². The number of rotatable bonds is 5. The largest absolute Gasteiger partial charge is 0.466 e. The Morgan fingerprint density at radius 1 is 1.36 bits per heavy atom. The summed E-state index contributed by atoms with van der Waals surface area (Å²) >= 11 is 0. The van der Waals surface area contributed by atoms with Crippen molar-refractivity contribution in [2.75, 3.05) is 6.61 Å². The fourth-order valence-electron chi connectivity index (χ4n) is 0.673. The van der Waals surface area contributed by atoms with E-state index in [0.717, 1.165) is 12.8 Å². The number of allylic oxidation sites excluding steroid dienone is 1. The fourth-order valence-corrected chi connectivity index (χ4v) is 0.673. The van der Waals surface area contributed by atoms with E-state index < -0.39 is 0 Å². The van der Waals surface area contributed by atoms with Gasteiger partial charge in [0.15, 0.2) is 0 Å². The molecule has 0 rings (SSSR count). The zero-order valence-electron chi connectivity index (χ0n) is 7.30. The van der Waals surface area contributed by atoms with Gasteiger partial charge in [0.05, 0.1) is 6.61 Å². The first-order valence-corrected chi connectivity index (χ1v) is 4.05. The van der Waals surface area contributed by atoms with E-state index in [2.05, 4.69) is 13.0 Å². The van der Waals surface area contributed by atoms with Gasteiger partial charge in [0.1, 0.15) is 0 Å². The summed E-state index contributed by atoms with van der Waals surface area (Å²) in [5, 5.41) is 0. The van der Waals surface area contributed by atoms with E-state index in [-0.39, 0.29) is 5.97 Å². The lowest BCUT2D eigenvalue weighted by atomic mass is 10.3. The Bertz CT molecular complexity index is 128. The number of carbonyl (C=O) groups is 1. The second kappa shape index (κ2) is 7.32. The van der Waals surface area contributed by atoms with E-state index in [1.54, 1.807) is 0 Å². The minimum absolute atomic E-state index is 0.200. The van der Waals surface area contributed by atoms with Crippen molar-refractivity contribution in [1.82, 2.24) is 0 Å². The van der Waals surface area contributed by atoms with Gasteiger partial charge in [-0.15, -0.1) is 0 Å². The Balaban J connectivity index is 3.07. The number of esters is 1. The standard InChI is InChI=1S/C9H16O2/c1-3-4-5-6-7-8-11-9(2)10/h5-6H,3-4,7-8H2,1-2H3/b6-5-. The molecule has 0 aromatic rings. The fraction of sp³-hybridized carbons (Fsp3) is 0.667. The first kappa shape index (κ1) is 10.2. The van der Waals surface area contributed by atoms with Crippen LogP contribution in [0.1, 0.15) is 33.1 Å². The van der Waals surface area contributed by atoms with Crippen LogP contribution in [0.15, 0.2) is 12.2 Å². The Labute approximate surface area is 68.2 Å². The Hall–Kier alpha value is -0.790. The van der Waals surface area contributed by atoms with E-state index in [9.17, 15) is 4.79 Å². The highest BCUT2D eigenvalue weighted by Gasteiger charge is 1.87. The van der Waals surface area contributed by atoms with E-state index in [1.807, 2.05) is 6.08 Å². The van der Waals surface area contributed by atoms with Crippen molar-refractivity contribution in [3.05, 3.63) is 12.2 Å². The molecule has 0 aromatic heterocycles. The molecule has 0 aliphatic heterocycles. The third kappa shape index (κ3) is 9.21. The van der Waals surface area contributed by atoms with Crippen LogP contribution in [-0.4, -0.2) is 12.6 Å². The van der Waals surface area contributed by atoms with Gasteiger partial charge in [-0.25, -0.2) is 0 Å². The summed E-state index contributed by atoms with van der Waals surface area (Å²) in [4.78, 5) is 10.3. The van der Waals surface area contributed by atoms with Gasteiger partial charge in [-0.2, -0.15) is 0 Å². The molecular formula is C9H16O2. The van der Waals surface area contributed by atoms with Gasteiger partial charge in [-0.3, -0.25) is 4.79 Å².